The molecule has 8 nitrogen and oxygen atoms in total. The minimum absolute atomic E-state index is 0.00691. The van der Waals surface area contributed by atoms with E-state index in [1.165, 1.54) is 11.8 Å². The summed E-state index contributed by atoms with van der Waals surface area (Å²) in [5.41, 5.74) is 2.14. The highest BCUT2D eigenvalue weighted by atomic mass is 32.2. The molecule has 0 radical (unpaired) electrons. The highest BCUT2D eigenvalue weighted by molar-refractivity contribution is 8.13. The Morgan fingerprint density at radius 1 is 1.00 bits per heavy atom. The number of hydrogen-bond acceptors (Lipinski definition) is 5. The second-order valence-corrected chi connectivity index (χ2v) is 7.99. The van der Waals surface area contributed by atoms with Crippen molar-refractivity contribution in [1.82, 2.24) is 20.7 Å². The van der Waals surface area contributed by atoms with Gasteiger partial charge in [-0.25, -0.2) is 4.79 Å². The SMILES string of the molecule is O=C(CCN1CCSC1=O)NN1C(=O)NC(c2ccccc2)(c2ccccc2)C1=O. The molecule has 2 aliphatic heterocycles. The normalized spacial score (nSPS) is 17.9. The Hall–Kier alpha value is -3.33. The summed E-state index contributed by atoms with van der Waals surface area (Å²) in [6.07, 6.45) is -0.00691. The summed E-state index contributed by atoms with van der Waals surface area (Å²) in [7, 11) is 0. The maximum absolute atomic E-state index is 13.4. The molecule has 0 aromatic heterocycles. The number of carbonyl (C=O) groups excluding carboxylic acids is 4. The monoisotopic (exact) mass is 424 g/mol. The van der Waals surface area contributed by atoms with Crippen LogP contribution in [0.5, 0.6) is 0 Å². The van der Waals surface area contributed by atoms with E-state index in [4.69, 9.17) is 0 Å². The molecule has 4 rings (SSSR count). The summed E-state index contributed by atoms with van der Waals surface area (Å²) in [6, 6.07) is 17.1. The molecule has 2 aliphatic rings. The molecule has 2 heterocycles. The highest BCUT2D eigenvalue weighted by Crippen LogP contribution is 2.35. The third-order valence-electron chi connectivity index (χ3n) is 5.13. The lowest BCUT2D eigenvalue weighted by Crippen LogP contribution is -2.49. The topological polar surface area (TPSA) is 98.8 Å². The molecule has 0 spiro atoms. The molecule has 2 saturated heterocycles. The zero-order valence-corrected chi connectivity index (χ0v) is 16.9. The third kappa shape index (κ3) is 3.52. The summed E-state index contributed by atoms with van der Waals surface area (Å²) in [6.45, 7) is 0.828. The van der Waals surface area contributed by atoms with Gasteiger partial charge in [-0.1, -0.05) is 72.4 Å². The van der Waals surface area contributed by atoms with Gasteiger partial charge in [0.25, 0.3) is 11.1 Å². The number of nitrogens with zero attached hydrogens (tertiary/aromatic N) is 2. The van der Waals surface area contributed by atoms with Crippen LogP contribution in [0.25, 0.3) is 0 Å². The number of imide groups is 1. The Balaban J connectivity index is 1.56. The summed E-state index contributed by atoms with van der Waals surface area (Å²) >= 11 is 1.21. The van der Waals surface area contributed by atoms with Gasteiger partial charge in [0.15, 0.2) is 5.54 Å². The summed E-state index contributed by atoms with van der Waals surface area (Å²) in [4.78, 5) is 51.8. The van der Waals surface area contributed by atoms with E-state index in [1.807, 2.05) is 12.1 Å². The van der Waals surface area contributed by atoms with Crippen LogP contribution in [0.15, 0.2) is 60.7 Å². The van der Waals surface area contributed by atoms with E-state index in [-0.39, 0.29) is 18.2 Å². The van der Waals surface area contributed by atoms with E-state index < -0.39 is 23.4 Å². The molecule has 0 bridgehead atoms. The molecule has 0 atom stereocenters. The third-order valence-corrected chi connectivity index (χ3v) is 6.02. The first-order valence-corrected chi connectivity index (χ1v) is 10.5. The number of amides is 5. The van der Waals surface area contributed by atoms with Crippen LogP contribution in [0.1, 0.15) is 17.5 Å². The summed E-state index contributed by atoms with van der Waals surface area (Å²) in [5, 5.41) is 3.42. The number of thioether (sulfide) groups is 1. The molecule has 2 aromatic carbocycles. The first kappa shape index (κ1) is 20.0. The van der Waals surface area contributed by atoms with Gasteiger partial charge in [-0.2, -0.15) is 5.01 Å². The molecule has 2 aromatic rings. The van der Waals surface area contributed by atoms with Crippen molar-refractivity contribution in [1.29, 1.82) is 0 Å². The van der Waals surface area contributed by atoms with E-state index in [2.05, 4.69) is 10.7 Å². The molecule has 154 valence electrons. The average molecular weight is 424 g/mol. The van der Waals surface area contributed by atoms with Crippen LogP contribution in [0, 0.1) is 0 Å². The van der Waals surface area contributed by atoms with Gasteiger partial charge < -0.3 is 10.2 Å². The van der Waals surface area contributed by atoms with Gasteiger partial charge in [0, 0.05) is 25.3 Å². The van der Waals surface area contributed by atoms with Gasteiger partial charge in [0.1, 0.15) is 0 Å². The molecule has 2 N–H and O–H groups in total. The van der Waals surface area contributed by atoms with Crippen molar-refractivity contribution in [3.8, 4) is 0 Å². The lowest BCUT2D eigenvalue weighted by Gasteiger charge is -2.27. The molecule has 0 saturated carbocycles. The second kappa shape index (κ2) is 8.19. The lowest BCUT2D eigenvalue weighted by atomic mass is 9.83. The Kier molecular flexibility index (Phi) is 5.45. The van der Waals surface area contributed by atoms with Gasteiger partial charge >= 0.3 is 6.03 Å². The van der Waals surface area contributed by atoms with Crippen LogP contribution >= 0.6 is 11.8 Å². The molecule has 9 heteroatoms. The van der Waals surface area contributed by atoms with E-state index in [9.17, 15) is 19.2 Å². The Labute approximate surface area is 177 Å². The van der Waals surface area contributed by atoms with E-state index in [0.29, 0.717) is 23.4 Å². The average Bonchev–Trinajstić information content (AvgIpc) is 3.29. The fourth-order valence-electron chi connectivity index (χ4n) is 3.61. The van der Waals surface area contributed by atoms with Crippen molar-refractivity contribution >= 4 is 34.8 Å². The highest BCUT2D eigenvalue weighted by Gasteiger charge is 2.54. The predicted octanol–water partition coefficient (Wildman–Crippen LogP) is 2.07. The van der Waals surface area contributed by atoms with Crippen molar-refractivity contribution in [2.75, 3.05) is 18.8 Å². The molecule has 0 aliphatic carbocycles. The molecule has 0 unspecified atom stereocenters. The molecule has 2 fully saturated rings. The molecule has 30 heavy (non-hydrogen) atoms. The maximum Gasteiger partial charge on any atom is 0.344 e. The smallest absolute Gasteiger partial charge is 0.332 e. The molecule has 5 amide bonds. The van der Waals surface area contributed by atoms with Crippen LogP contribution in [0.3, 0.4) is 0 Å². The lowest BCUT2D eigenvalue weighted by molar-refractivity contribution is -0.138. The van der Waals surface area contributed by atoms with E-state index in [0.717, 1.165) is 5.01 Å². The minimum atomic E-state index is -1.44. The fourth-order valence-corrected chi connectivity index (χ4v) is 4.46. The van der Waals surface area contributed by atoms with Crippen LogP contribution in [-0.4, -0.2) is 51.8 Å². The summed E-state index contributed by atoms with van der Waals surface area (Å²) in [5.74, 6) is -0.407. The number of carbonyl (C=O) groups is 4. The predicted molar refractivity (Wildman–Crippen MR) is 111 cm³/mol. The Bertz CT molecular complexity index is 944. The maximum atomic E-state index is 13.4. The zero-order chi connectivity index (χ0) is 21.1. The molecular weight excluding hydrogens is 404 g/mol. The van der Waals surface area contributed by atoms with Gasteiger partial charge in [0.2, 0.25) is 5.91 Å². The molecular formula is C21H20N4O4S. The summed E-state index contributed by atoms with van der Waals surface area (Å²) < 4.78 is 0. The van der Waals surface area contributed by atoms with Gasteiger partial charge in [-0.3, -0.25) is 19.8 Å². The first-order chi connectivity index (χ1) is 14.5. The largest absolute Gasteiger partial charge is 0.344 e. The first-order valence-electron chi connectivity index (χ1n) is 9.51. The number of hydrogen-bond donors (Lipinski definition) is 2. The van der Waals surface area contributed by atoms with Crippen LogP contribution in [-0.2, 0) is 15.1 Å². The Morgan fingerprint density at radius 2 is 1.60 bits per heavy atom. The minimum Gasteiger partial charge on any atom is -0.332 e. The van der Waals surface area contributed by atoms with Crippen molar-refractivity contribution in [3.05, 3.63) is 71.8 Å². The van der Waals surface area contributed by atoms with Gasteiger partial charge in [-0.15, -0.1) is 0 Å². The zero-order valence-electron chi connectivity index (χ0n) is 16.0. The van der Waals surface area contributed by atoms with E-state index in [1.54, 1.807) is 53.4 Å². The van der Waals surface area contributed by atoms with Crippen molar-refractivity contribution in [2.45, 2.75) is 12.0 Å². The van der Waals surface area contributed by atoms with Crippen LogP contribution in [0.2, 0.25) is 0 Å². The van der Waals surface area contributed by atoms with Crippen LogP contribution < -0.4 is 10.7 Å². The standard InChI is InChI=1S/C21H20N4O4S/c26-17(11-12-24-13-14-30-20(24)29)23-25-18(27)21(22-19(25)28,15-7-3-1-4-8-15)16-9-5-2-6-10-16/h1-10H,11-14H2,(H,22,28)(H,23,26). The van der Waals surface area contributed by atoms with E-state index >= 15 is 0 Å². The van der Waals surface area contributed by atoms with Gasteiger partial charge in [0.05, 0.1) is 0 Å². The van der Waals surface area contributed by atoms with Crippen LogP contribution in [0.4, 0.5) is 9.59 Å². The Morgan fingerprint density at radius 3 is 2.13 bits per heavy atom. The second-order valence-electron chi connectivity index (χ2n) is 6.94. The van der Waals surface area contributed by atoms with Crippen molar-refractivity contribution in [2.24, 2.45) is 0 Å². The van der Waals surface area contributed by atoms with Crippen molar-refractivity contribution in [3.63, 3.8) is 0 Å². The quantitative estimate of drug-likeness (QED) is 0.692. The van der Waals surface area contributed by atoms with Crippen molar-refractivity contribution < 1.29 is 19.2 Å². The van der Waals surface area contributed by atoms with Gasteiger partial charge in [-0.05, 0) is 11.1 Å². The number of benzene rings is 2. The number of urea groups is 1. The fraction of sp³-hybridized carbons (Fsp3) is 0.238. The number of rotatable bonds is 6. The number of nitrogens with one attached hydrogen (secondary N) is 2. The number of hydrazine groups is 1.